The van der Waals surface area contributed by atoms with Crippen molar-refractivity contribution in [3.05, 3.63) is 42.1 Å². The van der Waals surface area contributed by atoms with Gasteiger partial charge in [0, 0.05) is 23.8 Å². The standard InChI is InChI=1S/C19H19F4N3O3/c1-11(12-2-3-12)26-16(8-9-24-26)25-17(27)7-5-13-4-6-14(28-18(20)21)10-15(13)29-19(22)23/h4-12,18-19H,2-3H2,1H3,(H,25,27)/b7-5+. The molecule has 1 N–H and O–H groups in total. The zero-order valence-electron chi connectivity index (χ0n) is 15.4. The van der Waals surface area contributed by atoms with Crippen molar-refractivity contribution >= 4 is 17.8 Å². The van der Waals surface area contributed by atoms with Crippen molar-refractivity contribution < 1.29 is 31.8 Å². The number of hydrogen-bond donors (Lipinski definition) is 1. The van der Waals surface area contributed by atoms with Crippen molar-refractivity contribution in [2.24, 2.45) is 5.92 Å². The zero-order chi connectivity index (χ0) is 21.0. The fourth-order valence-corrected chi connectivity index (χ4v) is 2.88. The quantitative estimate of drug-likeness (QED) is 0.478. The van der Waals surface area contributed by atoms with Crippen molar-refractivity contribution in [3.63, 3.8) is 0 Å². The van der Waals surface area contributed by atoms with Gasteiger partial charge < -0.3 is 14.8 Å². The van der Waals surface area contributed by atoms with E-state index in [-0.39, 0.29) is 17.4 Å². The van der Waals surface area contributed by atoms with Gasteiger partial charge in [-0.1, -0.05) is 0 Å². The van der Waals surface area contributed by atoms with E-state index < -0.39 is 24.9 Å². The minimum Gasteiger partial charge on any atom is -0.435 e. The van der Waals surface area contributed by atoms with E-state index >= 15 is 0 Å². The molecule has 1 aromatic heterocycles. The van der Waals surface area contributed by atoms with Crippen LogP contribution in [0.1, 0.15) is 31.4 Å². The molecule has 1 atom stereocenters. The van der Waals surface area contributed by atoms with Crippen molar-refractivity contribution in [3.8, 4) is 11.5 Å². The summed E-state index contributed by atoms with van der Waals surface area (Å²) < 4.78 is 60.1. The zero-order valence-corrected chi connectivity index (χ0v) is 15.4. The molecule has 0 aliphatic heterocycles. The first kappa shape index (κ1) is 20.7. The van der Waals surface area contributed by atoms with E-state index in [1.807, 2.05) is 6.92 Å². The Hall–Kier alpha value is -3.04. The summed E-state index contributed by atoms with van der Waals surface area (Å²) in [6.45, 7) is -4.26. The second-order valence-corrected chi connectivity index (χ2v) is 6.52. The van der Waals surface area contributed by atoms with E-state index in [9.17, 15) is 22.4 Å². The molecule has 1 aliphatic rings. The van der Waals surface area contributed by atoms with Crippen LogP contribution in [0.25, 0.3) is 6.08 Å². The minimum absolute atomic E-state index is 0.0990. The van der Waals surface area contributed by atoms with E-state index in [0.717, 1.165) is 31.1 Å². The van der Waals surface area contributed by atoms with Gasteiger partial charge >= 0.3 is 13.2 Å². The molecular weight excluding hydrogens is 394 g/mol. The number of nitrogens with zero attached hydrogens (tertiary/aromatic N) is 2. The molecule has 0 radical (unpaired) electrons. The van der Waals surface area contributed by atoms with Gasteiger partial charge in [-0.25, -0.2) is 4.68 Å². The number of benzene rings is 1. The Morgan fingerprint density at radius 2 is 1.93 bits per heavy atom. The van der Waals surface area contributed by atoms with E-state index in [1.165, 1.54) is 12.1 Å². The molecule has 10 heteroatoms. The lowest BCUT2D eigenvalue weighted by Gasteiger charge is -2.14. The Morgan fingerprint density at radius 3 is 2.59 bits per heavy atom. The first-order chi connectivity index (χ1) is 13.8. The summed E-state index contributed by atoms with van der Waals surface area (Å²) in [5.41, 5.74) is 0.0990. The fraction of sp³-hybridized carbons (Fsp3) is 0.368. The number of carbonyl (C=O) groups excluding carboxylic acids is 1. The number of halogens is 4. The maximum atomic E-state index is 12.6. The van der Waals surface area contributed by atoms with Gasteiger partial charge in [-0.3, -0.25) is 4.79 Å². The third kappa shape index (κ3) is 5.72. The van der Waals surface area contributed by atoms with Crippen LogP contribution in [0.2, 0.25) is 0 Å². The monoisotopic (exact) mass is 413 g/mol. The topological polar surface area (TPSA) is 65.4 Å². The number of carbonyl (C=O) groups is 1. The van der Waals surface area contributed by atoms with Crippen LogP contribution in [-0.2, 0) is 4.79 Å². The summed E-state index contributed by atoms with van der Waals surface area (Å²) in [6.07, 6.45) is 6.18. The van der Waals surface area contributed by atoms with Crippen LogP contribution >= 0.6 is 0 Å². The molecule has 6 nitrogen and oxygen atoms in total. The molecule has 1 aromatic carbocycles. The molecule has 0 spiro atoms. The molecule has 1 fully saturated rings. The summed E-state index contributed by atoms with van der Waals surface area (Å²) in [5.74, 6) is -0.191. The number of alkyl halides is 4. The largest absolute Gasteiger partial charge is 0.435 e. The average Bonchev–Trinajstić information content (AvgIpc) is 3.39. The lowest BCUT2D eigenvalue weighted by atomic mass is 10.1. The van der Waals surface area contributed by atoms with Crippen LogP contribution in [0.3, 0.4) is 0 Å². The number of hydrogen-bond acceptors (Lipinski definition) is 4. The Bertz CT molecular complexity index is 881. The molecule has 1 saturated carbocycles. The highest BCUT2D eigenvalue weighted by molar-refractivity contribution is 6.01. The van der Waals surface area contributed by atoms with Gasteiger partial charge in [0.25, 0.3) is 0 Å². The average molecular weight is 413 g/mol. The van der Waals surface area contributed by atoms with E-state index in [1.54, 1.807) is 16.9 Å². The van der Waals surface area contributed by atoms with Crippen molar-refractivity contribution in [2.45, 2.75) is 39.0 Å². The molecule has 1 unspecified atom stereocenters. The van der Waals surface area contributed by atoms with Crippen LogP contribution in [0.4, 0.5) is 23.4 Å². The molecule has 1 amide bonds. The van der Waals surface area contributed by atoms with Gasteiger partial charge in [-0.2, -0.15) is 22.7 Å². The Morgan fingerprint density at radius 1 is 1.21 bits per heavy atom. The van der Waals surface area contributed by atoms with Gasteiger partial charge in [-0.05, 0) is 43.9 Å². The molecule has 3 rings (SSSR count). The number of anilines is 1. The van der Waals surface area contributed by atoms with E-state index in [0.29, 0.717) is 11.7 Å². The first-order valence-corrected chi connectivity index (χ1v) is 8.89. The van der Waals surface area contributed by atoms with E-state index in [4.69, 9.17) is 0 Å². The summed E-state index contributed by atoms with van der Waals surface area (Å²) in [6, 6.07) is 5.11. The Kier molecular flexibility index (Phi) is 6.40. The molecule has 2 aromatic rings. The van der Waals surface area contributed by atoms with Gasteiger partial charge in [-0.15, -0.1) is 0 Å². The lowest BCUT2D eigenvalue weighted by molar-refractivity contribution is -0.111. The molecule has 0 saturated heterocycles. The number of rotatable bonds is 9. The highest BCUT2D eigenvalue weighted by Crippen LogP contribution is 2.40. The molecular formula is C19H19F4N3O3. The third-order valence-corrected chi connectivity index (χ3v) is 4.45. The van der Waals surface area contributed by atoms with Crippen LogP contribution in [0.15, 0.2) is 36.5 Å². The normalized spacial score (nSPS) is 15.1. The summed E-state index contributed by atoms with van der Waals surface area (Å²) in [5, 5.41) is 6.91. The molecule has 1 heterocycles. The molecule has 156 valence electrons. The van der Waals surface area contributed by atoms with Gasteiger partial charge in [0.2, 0.25) is 5.91 Å². The molecule has 1 aliphatic carbocycles. The Balaban J connectivity index is 1.71. The van der Waals surface area contributed by atoms with Gasteiger partial charge in [0.1, 0.15) is 17.3 Å². The van der Waals surface area contributed by atoms with E-state index in [2.05, 4.69) is 19.9 Å². The molecule has 0 bridgehead atoms. The maximum absolute atomic E-state index is 12.6. The van der Waals surface area contributed by atoms with Crippen molar-refractivity contribution in [1.29, 1.82) is 0 Å². The minimum atomic E-state index is -3.17. The van der Waals surface area contributed by atoms with Crippen molar-refractivity contribution in [1.82, 2.24) is 9.78 Å². The van der Waals surface area contributed by atoms with Crippen LogP contribution < -0.4 is 14.8 Å². The first-order valence-electron chi connectivity index (χ1n) is 8.89. The van der Waals surface area contributed by atoms with Crippen LogP contribution in [0, 0.1) is 5.92 Å². The second kappa shape index (κ2) is 8.97. The predicted octanol–water partition coefficient (Wildman–Crippen LogP) is 4.71. The summed E-state index contributed by atoms with van der Waals surface area (Å²) in [7, 11) is 0. The van der Waals surface area contributed by atoms with Gasteiger partial charge in [0.05, 0.1) is 12.2 Å². The molecule has 29 heavy (non-hydrogen) atoms. The fourth-order valence-electron chi connectivity index (χ4n) is 2.88. The number of amides is 1. The van der Waals surface area contributed by atoms with Gasteiger partial charge in [0.15, 0.2) is 0 Å². The van der Waals surface area contributed by atoms with Crippen molar-refractivity contribution in [2.75, 3.05) is 5.32 Å². The lowest BCUT2D eigenvalue weighted by Crippen LogP contribution is -2.16. The SMILES string of the molecule is CC(C1CC1)n1nccc1NC(=O)/C=C/c1ccc(OC(F)F)cc1OC(F)F. The summed E-state index contributed by atoms with van der Waals surface area (Å²) in [4.78, 5) is 12.2. The highest BCUT2D eigenvalue weighted by atomic mass is 19.3. The predicted molar refractivity (Wildman–Crippen MR) is 97.0 cm³/mol. The number of aromatic nitrogens is 2. The smallest absolute Gasteiger partial charge is 0.387 e. The highest BCUT2D eigenvalue weighted by Gasteiger charge is 2.30. The number of nitrogens with one attached hydrogen (secondary N) is 1. The Labute approximate surface area is 164 Å². The third-order valence-electron chi connectivity index (χ3n) is 4.45. The number of ether oxygens (including phenoxy) is 2. The van der Waals surface area contributed by atoms with Crippen LogP contribution in [-0.4, -0.2) is 28.9 Å². The summed E-state index contributed by atoms with van der Waals surface area (Å²) >= 11 is 0. The van der Waals surface area contributed by atoms with Crippen LogP contribution in [0.5, 0.6) is 11.5 Å². The second-order valence-electron chi connectivity index (χ2n) is 6.52. The maximum Gasteiger partial charge on any atom is 0.387 e.